The maximum atomic E-state index is 13.1. The van der Waals surface area contributed by atoms with Crippen molar-refractivity contribution in [2.75, 3.05) is 13.2 Å². The van der Waals surface area contributed by atoms with Crippen LogP contribution >= 0.6 is 0 Å². The largest absolute Gasteiger partial charge is 0.490 e. The lowest BCUT2D eigenvalue weighted by atomic mass is 10.0. The molecular formula is C24H30N4O4. The zero-order valence-corrected chi connectivity index (χ0v) is 19.0. The fourth-order valence-corrected chi connectivity index (χ4v) is 3.02. The molecule has 3 aromatic rings. The number of benzene rings is 1. The van der Waals surface area contributed by atoms with E-state index in [0.29, 0.717) is 42.0 Å². The Morgan fingerprint density at radius 2 is 1.84 bits per heavy atom. The third-order valence-electron chi connectivity index (χ3n) is 4.71. The topological polar surface area (TPSA) is 99.4 Å². The van der Waals surface area contributed by atoms with Gasteiger partial charge < -0.3 is 19.3 Å². The van der Waals surface area contributed by atoms with Crippen LogP contribution in [0.15, 0.2) is 47.2 Å². The number of aromatic nitrogens is 3. The summed E-state index contributed by atoms with van der Waals surface area (Å²) in [6.45, 7) is 9.16. The molecule has 1 N–H and O–H groups in total. The number of amides is 1. The van der Waals surface area contributed by atoms with Gasteiger partial charge in [-0.05, 0) is 49.1 Å². The van der Waals surface area contributed by atoms with Crippen LogP contribution in [0.3, 0.4) is 0 Å². The van der Waals surface area contributed by atoms with Crippen LogP contribution in [-0.4, -0.2) is 34.2 Å². The van der Waals surface area contributed by atoms with E-state index in [9.17, 15) is 4.79 Å². The van der Waals surface area contributed by atoms with Crippen LogP contribution in [-0.2, 0) is 0 Å². The number of pyridine rings is 1. The number of rotatable bonds is 11. The first-order chi connectivity index (χ1) is 15.5. The van der Waals surface area contributed by atoms with Gasteiger partial charge in [-0.1, -0.05) is 32.9 Å². The zero-order chi connectivity index (χ0) is 22.9. The van der Waals surface area contributed by atoms with Crippen LogP contribution in [0.2, 0.25) is 0 Å². The van der Waals surface area contributed by atoms with Gasteiger partial charge in [-0.2, -0.15) is 4.98 Å². The van der Waals surface area contributed by atoms with Crippen molar-refractivity contribution in [2.24, 2.45) is 5.92 Å². The predicted molar refractivity (Wildman–Crippen MR) is 121 cm³/mol. The minimum absolute atomic E-state index is 0.0316. The Balaban J connectivity index is 1.79. The Morgan fingerprint density at radius 3 is 2.50 bits per heavy atom. The molecule has 0 saturated carbocycles. The first-order valence-electron chi connectivity index (χ1n) is 11.0. The van der Waals surface area contributed by atoms with Crippen LogP contribution in [0.1, 0.15) is 62.8 Å². The lowest BCUT2D eigenvalue weighted by Crippen LogP contribution is -2.32. The molecule has 1 unspecified atom stereocenters. The van der Waals surface area contributed by atoms with Crippen LogP contribution in [0.4, 0.5) is 0 Å². The van der Waals surface area contributed by atoms with Gasteiger partial charge in [0.25, 0.3) is 5.91 Å². The molecule has 0 radical (unpaired) electrons. The highest BCUT2D eigenvalue weighted by Gasteiger charge is 2.26. The third-order valence-corrected chi connectivity index (χ3v) is 4.71. The quantitative estimate of drug-likeness (QED) is 0.457. The fraction of sp³-hybridized carbons (Fsp3) is 0.417. The Kier molecular flexibility index (Phi) is 8.19. The van der Waals surface area contributed by atoms with Gasteiger partial charge in [0.05, 0.1) is 13.2 Å². The van der Waals surface area contributed by atoms with Gasteiger partial charge in [-0.25, -0.2) is 0 Å². The SMILES string of the molecule is CCCOc1ccc(C(=O)NC(c2nc(-c3cccnc3)no2)C(C)C)cc1OCCC. The third kappa shape index (κ3) is 5.84. The van der Waals surface area contributed by atoms with Gasteiger partial charge in [0.2, 0.25) is 11.7 Å². The van der Waals surface area contributed by atoms with Gasteiger partial charge in [0.15, 0.2) is 11.5 Å². The van der Waals surface area contributed by atoms with E-state index in [1.54, 1.807) is 36.7 Å². The molecule has 0 spiro atoms. The average Bonchev–Trinajstić information content (AvgIpc) is 3.30. The standard InChI is InChI=1S/C24H30N4O4/c1-5-12-30-19-10-9-17(14-20(19)31-13-6-2)23(29)26-21(16(3)4)24-27-22(28-32-24)18-8-7-11-25-15-18/h7-11,14-16,21H,5-6,12-13H2,1-4H3,(H,26,29). The molecule has 0 aliphatic heterocycles. The Hall–Kier alpha value is -3.42. The molecule has 8 nitrogen and oxygen atoms in total. The molecule has 8 heteroatoms. The maximum Gasteiger partial charge on any atom is 0.252 e. The molecule has 32 heavy (non-hydrogen) atoms. The van der Waals surface area contributed by atoms with E-state index in [0.717, 1.165) is 18.4 Å². The summed E-state index contributed by atoms with van der Waals surface area (Å²) in [5, 5.41) is 7.06. The highest BCUT2D eigenvalue weighted by molar-refractivity contribution is 5.95. The van der Waals surface area contributed by atoms with Crippen molar-refractivity contribution in [3.8, 4) is 22.9 Å². The molecule has 1 amide bonds. The van der Waals surface area contributed by atoms with Crippen molar-refractivity contribution >= 4 is 5.91 Å². The van der Waals surface area contributed by atoms with Crippen LogP contribution in [0.5, 0.6) is 11.5 Å². The normalized spacial score (nSPS) is 11.9. The summed E-state index contributed by atoms with van der Waals surface area (Å²) in [7, 11) is 0. The van der Waals surface area contributed by atoms with Crippen molar-refractivity contribution in [1.29, 1.82) is 0 Å². The Morgan fingerprint density at radius 1 is 1.09 bits per heavy atom. The summed E-state index contributed by atoms with van der Waals surface area (Å²) in [6.07, 6.45) is 5.09. The van der Waals surface area contributed by atoms with E-state index in [1.807, 2.05) is 33.8 Å². The first kappa shape index (κ1) is 23.2. The summed E-state index contributed by atoms with van der Waals surface area (Å²) in [4.78, 5) is 21.6. The Labute approximate surface area is 188 Å². The second-order valence-electron chi connectivity index (χ2n) is 7.75. The van der Waals surface area contributed by atoms with E-state index >= 15 is 0 Å². The summed E-state index contributed by atoms with van der Waals surface area (Å²) >= 11 is 0. The van der Waals surface area contributed by atoms with Crippen molar-refractivity contribution in [2.45, 2.75) is 46.6 Å². The van der Waals surface area contributed by atoms with E-state index in [4.69, 9.17) is 14.0 Å². The van der Waals surface area contributed by atoms with Crippen molar-refractivity contribution in [3.63, 3.8) is 0 Å². The van der Waals surface area contributed by atoms with Crippen LogP contribution < -0.4 is 14.8 Å². The molecule has 0 bridgehead atoms. The molecule has 0 fully saturated rings. The summed E-state index contributed by atoms with van der Waals surface area (Å²) in [5.74, 6) is 1.75. The highest BCUT2D eigenvalue weighted by atomic mass is 16.5. The fourth-order valence-electron chi connectivity index (χ4n) is 3.02. The lowest BCUT2D eigenvalue weighted by molar-refractivity contribution is 0.0913. The van der Waals surface area contributed by atoms with E-state index < -0.39 is 6.04 Å². The van der Waals surface area contributed by atoms with E-state index in [-0.39, 0.29) is 11.8 Å². The second kappa shape index (κ2) is 11.3. The summed E-state index contributed by atoms with van der Waals surface area (Å²) in [5.41, 5.74) is 1.22. The van der Waals surface area contributed by atoms with E-state index in [1.165, 1.54) is 0 Å². The summed E-state index contributed by atoms with van der Waals surface area (Å²) < 4.78 is 17.0. The first-order valence-corrected chi connectivity index (χ1v) is 11.0. The molecule has 2 heterocycles. The van der Waals surface area contributed by atoms with Crippen molar-refractivity contribution in [3.05, 3.63) is 54.2 Å². The van der Waals surface area contributed by atoms with Gasteiger partial charge in [0.1, 0.15) is 6.04 Å². The van der Waals surface area contributed by atoms with Gasteiger partial charge in [-0.3, -0.25) is 9.78 Å². The van der Waals surface area contributed by atoms with Gasteiger partial charge in [0, 0.05) is 23.5 Å². The maximum absolute atomic E-state index is 13.1. The lowest BCUT2D eigenvalue weighted by Gasteiger charge is -2.19. The molecular weight excluding hydrogens is 408 g/mol. The minimum atomic E-state index is -0.448. The summed E-state index contributed by atoms with van der Waals surface area (Å²) in [6, 6.07) is 8.42. The molecule has 170 valence electrons. The zero-order valence-electron chi connectivity index (χ0n) is 19.0. The second-order valence-corrected chi connectivity index (χ2v) is 7.75. The predicted octanol–water partition coefficient (Wildman–Crippen LogP) is 4.84. The van der Waals surface area contributed by atoms with Crippen LogP contribution in [0.25, 0.3) is 11.4 Å². The molecule has 1 atom stereocenters. The van der Waals surface area contributed by atoms with Gasteiger partial charge >= 0.3 is 0 Å². The van der Waals surface area contributed by atoms with Crippen molar-refractivity contribution < 1.29 is 18.8 Å². The number of carbonyl (C=O) groups excluding carboxylic acids is 1. The molecule has 0 saturated heterocycles. The number of ether oxygens (including phenoxy) is 2. The molecule has 2 aromatic heterocycles. The Bertz CT molecular complexity index is 1000. The number of nitrogens with one attached hydrogen (secondary N) is 1. The number of carbonyl (C=O) groups is 1. The molecule has 1 aromatic carbocycles. The molecule has 0 aliphatic carbocycles. The van der Waals surface area contributed by atoms with Crippen molar-refractivity contribution in [1.82, 2.24) is 20.4 Å². The molecule has 0 aliphatic rings. The van der Waals surface area contributed by atoms with Crippen LogP contribution in [0, 0.1) is 5.92 Å². The molecule has 3 rings (SSSR count). The van der Waals surface area contributed by atoms with E-state index in [2.05, 4.69) is 20.4 Å². The average molecular weight is 439 g/mol. The highest BCUT2D eigenvalue weighted by Crippen LogP contribution is 2.30. The number of nitrogens with zero attached hydrogens (tertiary/aromatic N) is 3. The minimum Gasteiger partial charge on any atom is -0.490 e. The number of hydrogen-bond acceptors (Lipinski definition) is 7. The smallest absolute Gasteiger partial charge is 0.252 e. The number of hydrogen-bond donors (Lipinski definition) is 1. The van der Waals surface area contributed by atoms with Gasteiger partial charge in [-0.15, -0.1) is 0 Å². The monoisotopic (exact) mass is 438 g/mol.